The molecule has 1 aliphatic heterocycles. The smallest absolute Gasteiger partial charge is 0.254 e. The Kier molecular flexibility index (Phi) is 3.84. The first-order valence-electron chi connectivity index (χ1n) is 8.25. The molecule has 1 atom stereocenters. The first-order chi connectivity index (χ1) is 11.6. The number of pyridine rings is 1. The molecule has 1 saturated heterocycles. The molecule has 1 aliphatic rings. The quantitative estimate of drug-likeness (QED) is 0.719. The van der Waals surface area contributed by atoms with Crippen LogP contribution in [0.2, 0.25) is 0 Å². The molecule has 0 aliphatic carbocycles. The summed E-state index contributed by atoms with van der Waals surface area (Å²) in [6, 6.07) is 6.11. The molecule has 3 aromatic rings. The Bertz CT molecular complexity index is 884. The molecule has 1 amide bonds. The van der Waals surface area contributed by atoms with Crippen molar-refractivity contribution in [3.8, 4) is 0 Å². The lowest BCUT2D eigenvalue weighted by atomic mass is 9.93. The summed E-state index contributed by atoms with van der Waals surface area (Å²) in [5, 5.41) is 9.42. The summed E-state index contributed by atoms with van der Waals surface area (Å²) >= 11 is 1.56. The second-order valence-corrected chi connectivity index (χ2v) is 7.20. The standard InChI is InChI=1S/C18H20N4OS/c1-12-15-5-6-16(19-17(15)21(2)20-12)13-4-3-8-22(10-13)18(23)14-7-9-24-11-14/h5-7,9,11,13H,3-4,8,10H2,1-2H3. The van der Waals surface area contributed by atoms with Gasteiger partial charge in [0.25, 0.3) is 5.91 Å². The molecule has 0 aromatic carbocycles. The number of likely N-dealkylation sites (tertiary alicyclic amines) is 1. The van der Waals surface area contributed by atoms with Crippen LogP contribution >= 0.6 is 11.3 Å². The Morgan fingerprint density at radius 1 is 1.33 bits per heavy atom. The average molecular weight is 340 g/mol. The van der Waals surface area contributed by atoms with Crippen LogP contribution in [0, 0.1) is 6.92 Å². The van der Waals surface area contributed by atoms with Gasteiger partial charge in [-0.1, -0.05) is 0 Å². The first kappa shape index (κ1) is 15.3. The summed E-state index contributed by atoms with van der Waals surface area (Å²) in [5.41, 5.74) is 3.79. The average Bonchev–Trinajstić information content (AvgIpc) is 3.23. The third-order valence-corrected chi connectivity index (χ3v) is 5.47. The van der Waals surface area contributed by atoms with Crippen LogP contribution in [0.25, 0.3) is 11.0 Å². The molecule has 1 unspecified atom stereocenters. The van der Waals surface area contributed by atoms with E-state index in [0.717, 1.165) is 53.9 Å². The normalized spacial score (nSPS) is 18.2. The van der Waals surface area contributed by atoms with Gasteiger partial charge in [-0.2, -0.15) is 16.4 Å². The van der Waals surface area contributed by atoms with E-state index in [2.05, 4.69) is 17.2 Å². The molecule has 24 heavy (non-hydrogen) atoms. The second-order valence-electron chi connectivity index (χ2n) is 6.42. The lowest BCUT2D eigenvalue weighted by Crippen LogP contribution is -2.39. The maximum absolute atomic E-state index is 12.6. The zero-order chi connectivity index (χ0) is 16.7. The van der Waals surface area contributed by atoms with E-state index in [9.17, 15) is 4.79 Å². The van der Waals surface area contributed by atoms with E-state index in [0.29, 0.717) is 5.92 Å². The van der Waals surface area contributed by atoms with Gasteiger partial charge >= 0.3 is 0 Å². The minimum atomic E-state index is 0.137. The molecule has 124 valence electrons. The van der Waals surface area contributed by atoms with E-state index in [4.69, 9.17) is 4.98 Å². The number of aryl methyl sites for hydroxylation is 2. The zero-order valence-corrected chi connectivity index (χ0v) is 14.7. The van der Waals surface area contributed by atoms with Crippen LogP contribution in [0.4, 0.5) is 0 Å². The molecular formula is C18H20N4OS. The fourth-order valence-electron chi connectivity index (χ4n) is 3.52. The lowest BCUT2D eigenvalue weighted by Gasteiger charge is -2.32. The first-order valence-corrected chi connectivity index (χ1v) is 9.19. The van der Waals surface area contributed by atoms with Crippen molar-refractivity contribution in [2.75, 3.05) is 13.1 Å². The molecule has 4 rings (SSSR count). The van der Waals surface area contributed by atoms with Gasteiger partial charge in [-0.05, 0) is 43.3 Å². The number of fused-ring (bicyclic) bond motifs is 1. The number of hydrogen-bond acceptors (Lipinski definition) is 4. The molecule has 3 aromatic heterocycles. The topological polar surface area (TPSA) is 51.0 Å². The number of carbonyl (C=O) groups is 1. The third kappa shape index (κ3) is 2.60. The lowest BCUT2D eigenvalue weighted by molar-refractivity contribution is 0.0706. The molecule has 5 nitrogen and oxygen atoms in total. The van der Waals surface area contributed by atoms with Gasteiger partial charge < -0.3 is 4.90 Å². The van der Waals surface area contributed by atoms with E-state index in [-0.39, 0.29) is 5.91 Å². The molecule has 0 radical (unpaired) electrons. The van der Waals surface area contributed by atoms with Crippen molar-refractivity contribution in [1.29, 1.82) is 0 Å². The van der Waals surface area contributed by atoms with Crippen LogP contribution in [-0.4, -0.2) is 38.7 Å². The van der Waals surface area contributed by atoms with Crippen molar-refractivity contribution in [1.82, 2.24) is 19.7 Å². The van der Waals surface area contributed by atoms with Crippen molar-refractivity contribution in [3.63, 3.8) is 0 Å². The summed E-state index contributed by atoms with van der Waals surface area (Å²) in [6.45, 7) is 3.58. The van der Waals surface area contributed by atoms with Gasteiger partial charge in [-0.25, -0.2) is 4.98 Å². The molecule has 1 fully saturated rings. The largest absolute Gasteiger partial charge is 0.338 e. The summed E-state index contributed by atoms with van der Waals surface area (Å²) in [6.07, 6.45) is 2.09. The van der Waals surface area contributed by atoms with Crippen molar-refractivity contribution in [3.05, 3.63) is 45.9 Å². The number of nitrogens with zero attached hydrogens (tertiary/aromatic N) is 4. The molecule has 0 spiro atoms. The number of rotatable bonds is 2. The molecule has 6 heteroatoms. The SMILES string of the molecule is Cc1nn(C)c2nc(C3CCCN(C(=O)c4ccsc4)C3)ccc12. The minimum Gasteiger partial charge on any atom is -0.338 e. The summed E-state index contributed by atoms with van der Waals surface area (Å²) in [4.78, 5) is 19.4. The number of hydrogen-bond donors (Lipinski definition) is 0. The van der Waals surface area contributed by atoms with Crippen LogP contribution in [0.5, 0.6) is 0 Å². The maximum atomic E-state index is 12.6. The minimum absolute atomic E-state index is 0.137. The van der Waals surface area contributed by atoms with Crippen LogP contribution in [0.3, 0.4) is 0 Å². The predicted molar refractivity (Wildman–Crippen MR) is 95.4 cm³/mol. The number of amides is 1. The van der Waals surface area contributed by atoms with Crippen LogP contribution in [-0.2, 0) is 7.05 Å². The van der Waals surface area contributed by atoms with Crippen LogP contribution in [0.1, 0.15) is 40.5 Å². The highest BCUT2D eigenvalue weighted by Gasteiger charge is 2.27. The highest BCUT2D eigenvalue weighted by molar-refractivity contribution is 7.08. The maximum Gasteiger partial charge on any atom is 0.254 e. The van der Waals surface area contributed by atoms with Crippen LogP contribution < -0.4 is 0 Å². The van der Waals surface area contributed by atoms with E-state index in [1.165, 1.54) is 0 Å². The van der Waals surface area contributed by atoms with Crippen LogP contribution in [0.15, 0.2) is 29.0 Å². The molecule has 4 heterocycles. The van der Waals surface area contributed by atoms with Crippen molar-refractivity contribution in [2.24, 2.45) is 7.05 Å². The van der Waals surface area contributed by atoms with E-state index < -0.39 is 0 Å². The van der Waals surface area contributed by atoms with Gasteiger partial charge in [-0.3, -0.25) is 9.48 Å². The molecule has 0 N–H and O–H groups in total. The number of carbonyl (C=O) groups excluding carboxylic acids is 1. The number of aromatic nitrogens is 3. The van der Waals surface area contributed by atoms with Gasteiger partial charge in [-0.15, -0.1) is 0 Å². The van der Waals surface area contributed by atoms with Crippen molar-refractivity contribution >= 4 is 28.3 Å². The number of piperidine rings is 1. The monoisotopic (exact) mass is 340 g/mol. The van der Waals surface area contributed by atoms with Gasteiger partial charge in [0.2, 0.25) is 0 Å². The van der Waals surface area contributed by atoms with E-state index in [1.807, 2.05) is 40.4 Å². The highest BCUT2D eigenvalue weighted by atomic mass is 32.1. The fraction of sp³-hybridized carbons (Fsp3) is 0.389. The van der Waals surface area contributed by atoms with Gasteiger partial charge in [0.05, 0.1) is 11.3 Å². The van der Waals surface area contributed by atoms with Crippen molar-refractivity contribution in [2.45, 2.75) is 25.7 Å². The Morgan fingerprint density at radius 2 is 2.21 bits per heavy atom. The highest BCUT2D eigenvalue weighted by Crippen LogP contribution is 2.28. The summed E-state index contributed by atoms with van der Waals surface area (Å²) < 4.78 is 1.84. The van der Waals surface area contributed by atoms with Gasteiger partial charge in [0.1, 0.15) is 0 Å². The van der Waals surface area contributed by atoms with E-state index >= 15 is 0 Å². The Labute approximate surface area is 144 Å². The van der Waals surface area contributed by atoms with Crippen molar-refractivity contribution < 1.29 is 4.79 Å². The summed E-state index contributed by atoms with van der Waals surface area (Å²) in [5.74, 6) is 0.430. The Hall–Kier alpha value is -2.21. The Morgan fingerprint density at radius 3 is 3.00 bits per heavy atom. The number of thiophene rings is 1. The zero-order valence-electron chi connectivity index (χ0n) is 13.9. The Balaban J connectivity index is 1.60. The van der Waals surface area contributed by atoms with Gasteiger partial charge in [0.15, 0.2) is 5.65 Å². The molecule has 0 bridgehead atoms. The summed E-state index contributed by atoms with van der Waals surface area (Å²) in [7, 11) is 1.93. The third-order valence-electron chi connectivity index (χ3n) is 4.79. The second kappa shape index (κ2) is 6.02. The molecule has 0 saturated carbocycles. The van der Waals surface area contributed by atoms with Gasteiger partial charge in [0, 0.05) is 42.5 Å². The fourth-order valence-corrected chi connectivity index (χ4v) is 4.15. The predicted octanol–water partition coefficient (Wildman–Crippen LogP) is 3.36. The molecular weight excluding hydrogens is 320 g/mol. The van der Waals surface area contributed by atoms with E-state index in [1.54, 1.807) is 11.3 Å².